The Morgan fingerprint density at radius 2 is 1.52 bits per heavy atom. The third kappa shape index (κ3) is 1.83. The van der Waals surface area contributed by atoms with Gasteiger partial charge in [0.1, 0.15) is 28.7 Å². The van der Waals surface area contributed by atoms with Crippen LogP contribution in [-0.2, 0) is 12.2 Å². The molecule has 0 amide bonds. The van der Waals surface area contributed by atoms with Crippen LogP contribution in [0.15, 0.2) is 42.5 Å². The van der Waals surface area contributed by atoms with Gasteiger partial charge in [-0.15, -0.1) is 0 Å². The van der Waals surface area contributed by atoms with Gasteiger partial charge in [-0.1, -0.05) is 12.1 Å². The first-order valence-electron chi connectivity index (χ1n) is 8.26. The van der Waals surface area contributed by atoms with E-state index < -0.39 is 5.79 Å². The number of hydrogen-bond donors (Lipinski definition) is 3. The number of hydrogen-bond acceptors (Lipinski definition) is 5. The van der Waals surface area contributed by atoms with Crippen molar-refractivity contribution in [2.45, 2.75) is 25.0 Å². The third-order valence-electron chi connectivity index (χ3n) is 5.07. The molecule has 25 heavy (non-hydrogen) atoms. The molecule has 3 aromatic carbocycles. The Labute approximate surface area is 143 Å². The molecule has 5 rings (SSSR count). The summed E-state index contributed by atoms with van der Waals surface area (Å²) >= 11 is 0. The van der Waals surface area contributed by atoms with E-state index >= 15 is 0 Å². The van der Waals surface area contributed by atoms with Gasteiger partial charge >= 0.3 is 0 Å². The Morgan fingerprint density at radius 3 is 2.36 bits per heavy atom. The number of phenols is 3. The number of ether oxygens (including phenoxy) is 2. The molecule has 1 heterocycles. The Kier molecular flexibility index (Phi) is 2.70. The van der Waals surface area contributed by atoms with E-state index in [2.05, 4.69) is 0 Å². The van der Waals surface area contributed by atoms with Crippen molar-refractivity contribution >= 4 is 10.8 Å². The number of phenolic OH excluding ortho intramolecular Hbond substituents is 3. The van der Waals surface area contributed by atoms with Gasteiger partial charge in [0.2, 0.25) is 0 Å². The molecule has 3 N–H and O–H groups in total. The normalized spacial score (nSPS) is 20.8. The summed E-state index contributed by atoms with van der Waals surface area (Å²) in [6, 6.07) is 11.7. The predicted molar refractivity (Wildman–Crippen MR) is 91.3 cm³/mol. The molecule has 1 atom stereocenters. The van der Waals surface area contributed by atoms with Gasteiger partial charge in [0, 0.05) is 17.4 Å². The van der Waals surface area contributed by atoms with Gasteiger partial charge < -0.3 is 24.8 Å². The maximum absolute atomic E-state index is 10.5. The smallest absolute Gasteiger partial charge is 0.281 e. The standard InChI is InChI=1S/C20H16O5/c21-13-8-9-17-18-11(13)3-1-5-16(18)24-20(25-17)10-2-4-12-14(22)6-7-15(23)19(12)20/h1,3,5-9,21-23H,2,4,10H2. The molecule has 5 heteroatoms. The van der Waals surface area contributed by atoms with Gasteiger partial charge in [0.15, 0.2) is 0 Å². The zero-order valence-electron chi connectivity index (χ0n) is 13.3. The van der Waals surface area contributed by atoms with Crippen molar-refractivity contribution < 1.29 is 24.8 Å². The van der Waals surface area contributed by atoms with Crippen LogP contribution in [0.5, 0.6) is 28.7 Å². The number of benzene rings is 3. The zero-order chi connectivity index (χ0) is 17.2. The summed E-state index contributed by atoms with van der Waals surface area (Å²) in [6.07, 6.45) is 1.96. The molecule has 1 aliphatic carbocycles. The zero-order valence-corrected chi connectivity index (χ0v) is 13.3. The molecule has 0 fully saturated rings. The van der Waals surface area contributed by atoms with Crippen LogP contribution in [0.1, 0.15) is 24.0 Å². The van der Waals surface area contributed by atoms with E-state index in [1.807, 2.05) is 12.1 Å². The molecule has 2 aliphatic rings. The Bertz CT molecular complexity index is 1010. The molecule has 5 nitrogen and oxygen atoms in total. The minimum Gasteiger partial charge on any atom is -0.508 e. The first kappa shape index (κ1) is 14.3. The third-order valence-corrected chi connectivity index (χ3v) is 5.07. The molecule has 126 valence electrons. The summed E-state index contributed by atoms with van der Waals surface area (Å²) in [4.78, 5) is 0. The quantitative estimate of drug-likeness (QED) is 0.542. The van der Waals surface area contributed by atoms with Gasteiger partial charge in [-0.3, -0.25) is 0 Å². The van der Waals surface area contributed by atoms with E-state index in [9.17, 15) is 15.3 Å². The van der Waals surface area contributed by atoms with Gasteiger partial charge in [-0.05, 0) is 43.2 Å². The highest BCUT2D eigenvalue weighted by Crippen LogP contribution is 2.53. The first-order valence-corrected chi connectivity index (χ1v) is 8.26. The minimum atomic E-state index is -1.19. The second-order valence-electron chi connectivity index (χ2n) is 6.53. The fourth-order valence-electron chi connectivity index (χ4n) is 4.00. The average molecular weight is 336 g/mol. The summed E-state index contributed by atoms with van der Waals surface area (Å²) < 4.78 is 12.5. The Balaban J connectivity index is 1.77. The van der Waals surface area contributed by atoms with Gasteiger partial charge in [0.05, 0.1) is 10.9 Å². The van der Waals surface area contributed by atoms with E-state index in [1.165, 1.54) is 12.1 Å². The second-order valence-corrected chi connectivity index (χ2v) is 6.53. The van der Waals surface area contributed by atoms with Crippen LogP contribution in [0.2, 0.25) is 0 Å². The molecular formula is C20H16O5. The van der Waals surface area contributed by atoms with Crippen molar-refractivity contribution in [1.82, 2.24) is 0 Å². The lowest BCUT2D eigenvalue weighted by atomic mass is 9.84. The highest BCUT2D eigenvalue weighted by atomic mass is 16.7. The largest absolute Gasteiger partial charge is 0.508 e. The summed E-state index contributed by atoms with van der Waals surface area (Å²) in [6.45, 7) is 0. The van der Waals surface area contributed by atoms with Gasteiger partial charge in [-0.2, -0.15) is 0 Å². The molecule has 0 bridgehead atoms. The maximum Gasteiger partial charge on any atom is 0.281 e. The lowest BCUT2D eigenvalue weighted by Gasteiger charge is -2.42. The number of aromatic hydroxyl groups is 3. The van der Waals surface area contributed by atoms with Crippen LogP contribution in [-0.4, -0.2) is 15.3 Å². The lowest BCUT2D eigenvalue weighted by Crippen LogP contribution is -2.44. The lowest BCUT2D eigenvalue weighted by molar-refractivity contribution is -0.139. The van der Waals surface area contributed by atoms with Crippen LogP contribution in [0, 0.1) is 0 Å². The van der Waals surface area contributed by atoms with E-state index in [0.717, 1.165) is 6.42 Å². The highest BCUT2D eigenvalue weighted by molar-refractivity contribution is 5.98. The van der Waals surface area contributed by atoms with Gasteiger partial charge in [-0.25, -0.2) is 0 Å². The first-order chi connectivity index (χ1) is 12.1. The van der Waals surface area contributed by atoms with E-state index in [4.69, 9.17) is 9.47 Å². The minimum absolute atomic E-state index is 0.0434. The van der Waals surface area contributed by atoms with Crippen LogP contribution in [0.3, 0.4) is 0 Å². The van der Waals surface area contributed by atoms with E-state index in [0.29, 0.717) is 46.2 Å². The number of rotatable bonds is 0. The Hall–Kier alpha value is -3.08. The summed E-state index contributed by atoms with van der Waals surface area (Å²) in [7, 11) is 0. The van der Waals surface area contributed by atoms with E-state index in [-0.39, 0.29) is 17.2 Å². The predicted octanol–water partition coefficient (Wildman–Crippen LogP) is 3.92. The van der Waals surface area contributed by atoms with Crippen molar-refractivity contribution in [3.8, 4) is 28.7 Å². The summed E-state index contributed by atoms with van der Waals surface area (Å²) in [5.41, 5.74) is 1.13. The molecule has 1 spiro atoms. The molecule has 3 aromatic rings. The second kappa shape index (κ2) is 4.72. The van der Waals surface area contributed by atoms with Crippen molar-refractivity contribution in [2.24, 2.45) is 0 Å². The average Bonchev–Trinajstić information content (AvgIpc) is 2.61. The molecule has 1 unspecified atom stereocenters. The highest BCUT2D eigenvalue weighted by Gasteiger charge is 2.47. The molecule has 0 saturated heterocycles. The summed E-state index contributed by atoms with van der Waals surface area (Å²) in [5, 5.41) is 32.2. The van der Waals surface area contributed by atoms with Crippen molar-refractivity contribution in [3.63, 3.8) is 0 Å². The summed E-state index contributed by atoms with van der Waals surface area (Å²) in [5.74, 6) is 0.328. The van der Waals surface area contributed by atoms with Crippen LogP contribution >= 0.6 is 0 Å². The fraction of sp³-hybridized carbons (Fsp3) is 0.200. The van der Waals surface area contributed by atoms with Gasteiger partial charge in [0.25, 0.3) is 5.79 Å². The van der Waals surface area contributed by atoms with Crippen LogP contribution in [0.4, 0.5) is 0 Å². The maximum atomic E-state index is 10.5. The number of fused-ring (bicyclic) bond motifs is 2. The van der Waals surface area contributed by atoms with Crippen LogP contribution < -0.4 is 9.47 Å². The SMILES string of the molecule is Oc1ccc(O)c2c1CCCC21Oc2cccc3c(O)ccc(c23)O1. The fourth-order valence-corrected chi connectivity index (χ4v) is 4.00. The van der Waals surface area contributed by atoms with E-state index in [1.54, 1.807) is 18.2 Å². The molecule has 0 radical (unpaired) electrons. The molecule has 0 aromatic heterocycles. The Morgan fingerprint density at radius 1 is 0.800 bits per heavy atom. The monoisotopic (exact) mass is 336 g/mol. The molecular weight excluding hydrogens is 320 g/mol. The molecule has 0 saturated carbocycles. The van der Waals surface area contributed by atoms with Crippen molar-refractivity contribution in [2.75, 3.05) is 0 Å². The molecule has 1 aliphatic heterocycles. The van der Waals surface area contributed by atoms with Crippen molar-refractivity contribution in [1.29, 1.82) is 0 Å². The topological polar surface area (TPSA) is 79.2 Å². The van der Waals surface area contributed by atoms with Crippen LogP contribution in [0.25, 0.3) is 10.8 Å². The van der Waals surface area contributed by atoms with Crippen molar-refractivity contribution in [3.05, 3.63) is 53.6 Å².